The second-order valence-corrected chi connectivity index (χ2v) is 4.01. The summed E-state index contributed by atoms with van der Waals surface area (Å²) in [5, 5.41) is 4.13. The summed E-state index contributed by atoms with van der Waals surface area (Å²) in [5.41, 5.74) is 1.96. The molecule has 2 aromatic rings. The number of aryl methyl sites for hydroxylation is 1. The van der Waals surface area contributed by atoms with Gasteiger partial charge in [-0.05, 0) is 24.6 Å². The van der Waals surface area contributed by atoms with Gasteiger partial charge >= 0.3 is 5.97 Å². The van der Waals surface area contributed by atoms with Crippen LogP contribution in [-0.4, -0.2) is 29.5 Å². The normalized spacial score (nSPS) is 10.3. The molecule has 0 aliphatic heterocycles. The van der Waals surface area contributed by atoms with Crippen molar-refractivity contribution >= 4 is 5.97 Å². The summed E-state index contributed by atoms with van der Waals surface area (Å²) >= 11 is 0. The highest BCUT2D eigenvalue weighted by Crippen LogP contribution is 2.25. The Morgan fingerprint density at radius 1 is 1.32 bits per heavy atom. The van der Waals surface area contributed by atoms with Crippen LogP contribution >= 0.6 is 0 Å². The zero-order chi connectivity index (χ0) is 13.8. The average Bonchev–Trinajstić information content (AvgIpc) is 2.81. The fourth-order valence-electron chi connectivity index (χ4n) is 1.84. The number of rotatable bonds is 4. The van der Waals surface area contributed by atoms with Gasteiger partial charge in [0.25, 0.3) is 0 Å². The van der Waals surface area contributed by atoms with E-state index in [1.165, 1.54) is 7.11 Å². The summed E-state index contributed by atoms with van der Waals surface area (Å²) in [6, 6.07) is 7.53. The molecular formula is C14H16N2O3. The smallest absolute Gasteiger partial charge is 0.359 e. The van der Waals surface area contributed by atoms with Crippen molar-refractivity contribution in [1.29, 1.82) is 0 Å². The molecule has 0 saturated heterocycles. The third kappa shape index (κ3) is 2.76. The molecule has 0 radical (unpaired) electrons. The van der Waals surface area contributed by atoms with Gasteiger partial charge in [0.1, 0.15) is 5.75 Å². The molecular weight excluding hydrogens is 244 g/mol. The molecule has 0 unspecified atom stereocenters. The molecule has 0 N–H and O–H groups in total. The van der Waals surface area contributed by atoms with Crippen LogP contribution in [-0.2, 0) is 11.8 Å². The molecule has 2 rings (SSSR count). The van der Waals surface area contributed by atoms with Gasteiger partial charge in [-0.25, -0.2) is 4.79 Å². The lowest BCUT2D eigenvalue weighted by Gasteiger charge is -2.04. The molecule has 0 aliphatic rings. The van der Waals surface area contributed by atoms with Crippen molar-refractivity contribution in [3.8, 4) is 16.9 Å². The third-order valence-corrected chi connectivity index (χ3v) is 2.68. The number of carbonyl (C=O) groups excluding carboxylic acids is 1. The SMILES string of the molecule is CCOc1ccc(-c2cn(C)nc2C(=O)OC)cc1. The number of hydrogen-bond acceptors (Lipinski definition) is 4. The molecule has 19 heavy (non-hydrogen) atoms. The quantitative estimate of drug-likeness (QED) is 0.791. The lowest BCUT2D eigenvalue weighted by atomic mass is 10.1. The molecule has 0 bridgehead atoms. The van der Waals surface area contributed by atoms with E-state index in [9.17, 15) is 4.79 Å². The maximum absolute atomic E-state index is 11.7. The minimum Gasteiger partial charge on any atom is -0.494 e. The summed E-state index contributed by atoms with van der Waals surface area (Å²) in [5.74, 6) is 0.360. The topological polar surface area (TPSA) is 53.4 Å². The summed E-state index contributed by atoms with van der Waals surface area (Å²) in [6.07, 6.45) is 1.79. The average molecular weight is 260 g/mol. The van der Waals surface area contributed by atoms with Gasteiger partial charge in [0, 0.05) is 18.8 Å². The van der Waals surface area contributed by atoms with Gasteiger partial charge in [-0.2, -0.15) is 5.10 Å². The Balaban J connectivity index is 2.38. The van der Waals surface area contributed by atoms with E-state index in [-0.39, 0.29) is 0 Å². The van der Waals surface area contributed by atoms with Crippen LogP contribution < -0.4 is 4.74 Å². The van der Waals surface area contributed by atoms with Gasteiger partial charge in [0.15, 0.2) is 5.69 Å². The van der Waals surface area contributed by atoms with Gasteiger partial charge in [-0.1, -0.05) is 12.1 Å². The van der Waals surface area contributed by atoms with E-state index in [1.54, 1.807) is 17.9 Å². The fourth-order valence-corrected chi connectivity index (χ4v) is 1.84. The first-order valence-corrected chi connectivity index (χ1v) is 6.01. The third-order valence-electron chi connectivity index (χ3n) is 2.68. The first-order valence-electron chi connectivity index (χ1n) is 6.01. The summed E-state index contributed by atoms with van der Waals surface area (Å²) in [7, 11) is 3.11. The minimum atomic E-state index is -0.440. The zero-order valence-electron chi connectivity index (χ0n) is 11.2. The highest BCUT2D eigenvalue weighted by molar-refractivity contribution is 5.95. The molecule has 1 aromatic heterocycles. The van der Waals surface area contributed by atoms with Crippen molar-refractivity contribution in [2.45, 2.75) is 6.92 Å². The highest BCUT2D eigenvalue weighted by atomic mass is 16.5. The van der Waals surface area contributed by atoms with E-state index >= 15 is 0 Å². The first-order chi connectivity index (χ1) is 9.15. The van der Waals surface area contributed by atoms with Crippen molar-refractivity contribution in [1.82, 2.24) is 9.78 Å². The van der Waals surface area contributed by atoms with Gasteiger partial charge in [0.05, 0.1) is 13.7 Å². The standard InChI is InChI=1S/C14H16N2O3/c1-4-19-11-7-5-10(6-8-11)12-9-16(2)15-13(12)14(17)18-3/h5-9H,4H2,1-3H3. The van der Waals surface area contributed by atoms with E-state index < -0.39 is 5.97 Å². The summed E-state index contributed by atoms with van der Waals surface area (Å²) in [6.45, 7) is 2.56. The van der Waals surface area contributed by atoms with Crippen LogP contribution in [0.2, 0.25) is 0 Å². The van der Waals surface area contributed by atoms with Crippen LogP contribution in [0.4, 0.5) is 0 Å². The van der Waals surface area contributed by atoms with E-state index in [1.807, 2.05) is 31.2 Å². The van der Waals surface area contributed by atoms with Crippen molar-refractivity contribution < 1.29 is 14.3 Å². The Kier molecular flexibility index (Phi) is 3.85. The van der Waals surface area contributed by atoms with Crippen molar-refractivity contribution in [2.75, 3.05) is 13.7 Å². The zero-order valence-corrected chi connectivity index (χ0v) is 11.2. The Morgan fingerprint density at radius 2 is 2.00 bits per heavy atom. The maximum atomic E-state index is 11.7. The van der Waals surface area contributed by atoms with Crippen LogP contribution in [0, 0.1) is 0 Å². The molecule has 100 valence electrons. The second kappa shape index (κ2) is 5.56. The van der Waals surface area contributed by atoms with Crippen LogP contribution in [0.3, 0.4) is 0 Å². The number of benzene rings is 1. The van der Waals surface area contributed by atoms with Gasteiger partial charge in [0.2, 0.25) is 0 Å². The lowest BCUT2D eigenvalue weighted by molar-refractivity contribution is 0.0594. The minimum absolute atomic E-state index is 0.314. The second-order valence-electron chi connectivity index (χ2n) is 4.01. The van der Waals surface area contributed by atoms with E-state index in [2.05, 4.69) is 5.10 Å². The monoisotopic (exact) mass is 260 g/mol. The number of aromatic nitrogens is 2. The van der Waals surface area contributed by atoms with Crippen molar-refractivity contribution in [2.24, 2.45) is 7.05 Å². The molecule has 0 saturated carbocycles. The molecule has 5 nitrogen and oxygen atoms in total. The number of nitrogens with zero attached hydrogens (tertiary/aromatic N) is 2. The Labute approximate surface area is 111 Å². The largest absolute Gasteiger partial charge is 0.494 e. The number of esters is 1. The number of carbonyl (C=O) groups is 1. The molecule has 0 aliphatic carbocycles. The van der Waals surface area contributed by atoms with Gasteiger partial charge < -0.3 is 9.47 Å². The van der Waals surface area contributed by atoms with Crippen LogP contribution in [0.5, 0.6) is 5.75 Å². The van der Waals surface area contributed by atoms with Crippen molar-refractivity contribution in [3.05, 3.63) is 36.2 Å². The predicted octanol–water partition coefficient (Wildman–Crippen LogP) is 2.27. The predicted molar refractivity (Wildman–Crippen MR) is 71.2 cm³/mol. The highest BCUT2D eigenvalue weighted by Gasteiger charge is 2.17. The molecule has 0 spiro atoms. The molecule has 0 fully saturated rings. The summed E-state index contributed by atoms with van der Waals surface area (Å²) in [4.78, 5) is 11.7. The van der Waals surface area contributed by atoms with Gasteiger partial charge in [-0.3, -0.25) is 4.68 Å². The summed E-state index contributed by atoms with van der Waals surface area (Å²) < 4.78 is 11.7. The lowest BCUT2D eigenvalue weighted by Crippen LogP contribution is -2.04. The van der Waals surface area contributed by atoms with Gasteiger partial charge in [-0.15, -0.1) is 0 Å². The van der Waals surface area contributed by atoms with E-state index in [4.69, 9.17) is 9.47 Å². The fraction of sp³-hybridized carbons (Fsp3) is 0.286. The van der Waals surface area contributed by atoms with E-state index in [0.29, 0.717) is 12.3 Å². The number of ether oxygens (including phenoxy) is 2. The molecule has 0 amide bonds. The van der Waals surface area contributed by atoms with Crippen LogP contribution in [0.15, 0.2) is 30.5 Å². The molecule has 0 atom stereocenters. The molecule has 1 heterocycles. The Bertz CT molecular complexity index is 573. The molecule has 1 aromatic carbocycles. The van der Waals surface area contributed by atoms with Crippen LogP contribution in [0.1, 0.15) is 17.4 Å². The van der Waals surface area contributed by atoms with E-state index in [0.717, 1.165) is 16.9 Å². The van der Waals surface area contributed by atoms with Crippen LogP contribution in [0.25, 0.3) is 11.1 Å². The maximum Gasteiger partial charge on any atom is 0.359 e. The Morgan fingerprint density at radius 3 is 2.58 bits per heavy atom. The number of hydrogen-bond donors (Lipinski definition) is 0. The molecule has 5 heteroatoms. The van der Waals surface area contributed by atoms with Crippen molar-refractivity contribution in [3.63, 3.8) is 0 Å². The number of methoxy groups -OCH3 is 1. The Hall–Kier alpha value is -2.30. The first kappa shape index (κ1) is 13.1.